The number of carbonyl (C=O) groups excluding carboxylic acids is 1. The summed E-state index contributed by atoms with van der Waals surface area (Å²) in [5.74, 6) is -1.12. The van der Waals surface area contributed by atoms with Crippen LogP contribution in [0.1, 0.15) is 28.4 Å². The first-order chi connectivity index (χ1) is 14.1. The van der Waals surface area contributed by atoms with Crippen LogP contribution in [0.5, 0.6) is 0 Å². The minimum Gasteiger partial charge on any atom is -0.481 e. The SMILES string of the molecule is O=C(O)CC(c1ccccc1)n1cnc2cc(NC(=O)c3ccncc3)ccc21. The number of nitrogens with one attached hydrogen (secondary N) is 1. The minimum absolute atomic E-state index is 0.0595. The molecule has 0 aliphatic heterocycles. The Hall–Kier alpha value is -4.00. The number of carboxylic acid groups (broad SMARTS) is 1. The fourth-order valence-corrected chi connectivity index (χ4v) is 3.28. The largest absolute Gasteiger partial charge is 0.481 e. The van der Waals surface area contributed by atoms with Crippen LogP contribution in [0, 0.1) is 0 Å². The Balaban J connectivity index is 1.65. The number of hydrogen-bond donors (Lipinski definition) is 2. The molecule has 29 heavy (non-hydrogen) atoms. The molecule has 0 aliphatic carbocycles. The van der Waals surface area contributed by atoms with E-state index in [4.69, 9.17) is 0 Å². The number of carbonyl (C=O) groups is 2. The van der Waals surface area contributed by atoms with Crippen LogP contribution in [0.15, 0.2) is 79.4 Å². The summed E-state index contributed by atoms with van der Waals surface area (Å²) in [6, 6.07) is 17.8. The monoisotopic (exact) mass is 386 g/mol. The molecular formula is C22H18N4O3. The van der Waals surface area contributed by atoms with Crippen LogP contribution in [0.2, 0.25) is 0 Å². The molecule has 2 aromatic heterocycles. The lowest BCUT2D eigenvalue weighted by atomic mass is 10.0. The van der Waals surface area contributed by atoms with Crippen LogP contribution in [0.25, 0.3) is 11.0 Å². The average Bonchev–Trinajstić information content (AvgIpc) is 3.16. The highest BCUT2D eigenvalue weighted by Crippen LogP contribution is 2.28. The van der Waals surface area contributed by atoms with Gasteiger partial charge in [0.15, 0.2) is 0 Å². The van der Waals surface area contributed by atoms with Crippen molar-refractivity contribution in [3.8, 4) is 0 Å². The Morgan fingerprint density at radius 2 is 1.79 bits per heavy atom. The first-order valence-electron chi connectivity index (χ1n) is 9.06. The molecule has 0 fully saturated rings. The maximum Gasteiger partial charge on any atom is 0.305 e. The van der Waals surface area contributed by atoms with E-state index in [0.29, 0.717) is 16.8 Å². The number of amides is 1. The summed E-state index contributed by atoms with van der Waals surface area (Å²) in [4.78, 5) is 32.1. The van der Waals surface area contributed by atoms with E-state index >= 15 is 0 Å². The van der Waals surface area contributed by atoms with Crippen LogP contribution in [-0.4, -0.2) is 31.5 Å². The number of aromatic nitrogens is 3. The fourth-order valence-electron chi connectivity index (χ4n) is 3.28. The second-order valence-corrected chi connectivity index (χ2v) is 6.57. The number of benzene rings is 2. The molecule has 1 amide bonds. The molecule has 2 N–H and O–H groups in total. The van der Waals surface area contributed by atoms with Gasteiger partial charge in [0.1, 0.15) is 0 Å². The average molecular weight is 386 g/mol. The molecule has 0 aliphatic rings. The van der Waals surface area contributed by atoms with E-state index in [1.54, 1.807) is 43.0 Å². The third kappa shape index (κ3) is 3.98. The van der Waals surface area contributed by atoms with Crippen molar-refractivity contribution in [1.82, 2.24) is 14.5 Å². The Morgan fingerprint density at radius 3 is 2.52 bits per heavy atom. The fraction of sp³-hybridized carbons (Fsp3) is 0.0909. The third-order valence-corrected chi connectivity index (χ3v) is 4.66. The Labute approximate surface area is 166 Å². The topological polar surface area (TPSA) is 97.1 Å². The van der Waals surface area contributed by atoms with Gasteiger partial charge in [0.05, 0.1) is 29.8 Å². The molecule has 1 atom stereocenters. The molecule has 2 heterocycles. The van der Waals surface area contributed by atoms with Crippen LogP contribution >= 0.6 is 0 Å². The molecule has 2 aromatic carbocycles. The first kappa shape index (κ1) is 18.4. The molecule has 0 bridgehead atoms. The van der Waals surface area contributed by atoms with E-state index in [1.165, 1.54) is 0 Å². The number of aliphatic carboxylic acids is 1. The predicted molar refractivity (Wildman–Crippen MR) is 109 cm³/mol. The van der Waals surface area contributed by atoms with Crippen molar-refractivity contribution in [2.24, 2.45) is 0 Å². The van der Waals surface area contributed by atoms with Gasteiger partial charge < -0.3 is 15.0 Å². The lowest BCUT2D eigenvalue weighted by Gasteiger charge is -2.18. The number of pyridine rings is 1. The Bertz CT molecular complexity index is 1160. The summed E-state index contributed by atoms with van der Waals surface area (Å²) in [5, 5.41) is 12.2. The van der Waals surface area contributed by atoms with E-state index in [-0.39, 0.29) is 18.4 Å². The molecule has 7 heteroatoms. The van der Waals surface area contributed by atoms with E-state index in [0.717, 1.165) is 11.1 Å². The van der Waals surface area contributed by atoms with E-state index in [2.05, 4.69) is 15.3 Å². The number of anilines is 1. The molecule has 0 spiro atoms. The van der Waals surface area contributed by atoms with Gasteiger partial charge in [0.25, 0.3) is 5.91 Å². The van der Waals surface area contributed by atoms with E-state index < -0.39 is 5.97 Å². The standard InChI is InChI=1S/C22H18N4O3/c27-21(28)13-20(15-4-2-1-3-5-15)26-14-24-18-12-17(6-7-19(18)26)25-22(29)16-8-10-23-11-9-16/h1-12,14,20H,13H2,(H,25,29)(H,27,28). The summed E-state index contributed by atoms with van der Waals surface area (Å²) >= 11 is 0. The molecule has 0 radical (unpaired) electrons. The summed E-state index contributed by atoms with van der Waals surface area (Å²) in [6.45, 7) is 0. The highest BCUT2D eigenvalue weighted by molar-refractivity contribution is 6.04. The van der Waals surface area contributed by atoms with Crippen molar-refractivity contribution in [3.05, 3.63) is 90.5 Å². The molecular weight excluding hydrogens is 368 g/mol. The second kappa shape index (κ2) is 7.93. The molecule has 7 nitrogen and oxygen atoms in total. The molecule has 0 saturated heterocycles. The van der Waals surface area contributed by atoms with Gasteiger partial charge >= 0.3 is 5.97 Å². The smallest absolute Gasteiger partial charge is 0.305 e. The van der Waals surface area contributed by atoms with Gasteiger partial charge in [-0.1, -0.05) is 30.3 Å². The maximum absolute atomic E-state index is 12.3. The lowest BCUT2D eigenvalue weighted by Crippen LogP contribution is -2.14. The van der Waals surface area contributed by atoms with Gasteiger partial charge in [0, 0.05) is 23.6 Å². The van der Waals surface area contributed by atoms with Crippen molar-refractivity contribution in [2.45, 2.75) is 12.5 Å². The van der Waals surface area contributed by atoms with E-state index in [9.17, 15) is 14.7 Å². The van der Waals surface area contributed by atoms with Crippen LogP contribution < -0.4 is 5.32 Å². The quantitative estimate of drug-likeness (QED) is 0.526. The zero-order valence-corrected chi connectivity index (χ0v) is 15.4. The Morgan fingerprint density at radius 1 is 1.03 bits per heavy atom. The van der Waals surface area contributed by atoms with Gasteiger partial charge in [0.2, 0.25) is 0 Å². The summed E-state index contributed by atoms with van der Waals surface area (Å²) in [6.07, 6.45) is 4.70. The highest BCUT2D eigenvalue weighted by atomic mass is 16.4. The summed E-state index contributed by atoms with van der Waals surface area (Å²) in [7, 11) is 0. The van der Waals surface area contributed by atoms with Crippen molar-refractivity contribution in [1.29, 1.82) is 0 Å². The molecule has 1 unspecified atom stereocenters. The molecule has 4 aromatic rings. The molecule has 4 rings (SSSR count). The number of carboxylic acids is 1. The first-order valence-corrected chi connectivity index (χ1v) is 9.06. The second-order valence-electron chi connectivity index (χ2n) is 6.57. The number of fused-ring (bicyclic) bond motifs is 1. The van der Waals surface area contributed by atoms with Crippen molar-refractivity contribution >= 4 is 28.6 Å². The van der Waals surface area contributed by atoms with Crippen LogP contribution in [-0.2, 0) is 4.79 Å². The van der Waals surface area contributed by atoms with Crippen molar-refractivity contribution in [3.63, 3.8) is 0 Å². The predicted octanol–water partition coefficient (Wildman–Crippen LogP) is 3.75. The summed E-state index contributed by atoms with van der Waals surface area (Å²) < 4.78 is 1.85. The Kier molecular flexibility index (Phi) is 5.03. The van der Waals surface area contributed by atoms with Crippen LogP contribution in [0.4, 0.5) is 5.69 Å². The van der Waals surface area contributed by atoms with Crippen LogP contribution in [0.3, 0.4) is 0 Å². The third-order valence-electron chi connectivity index (χ3n) is 4.66. The maximum atomic E-state index is 12.3. The van der Waals surface area contributed by atoms with Gasteiger partial charge in [-0.05, 0) is 35.9 Å². The van der Waals surface area contributed by atoms with E-state index in [1.807, 2.05) is 41.0 Å². The highest BCUT2D eigenvalue weighted by Gasteiger charge is 2.20. The lowest BCUT2D eigenvalue weighted by molar-refractivity contribution is -0.137. The zero-order valence-electron chi connectivity index (χ0n) is 15.4. The zero-order chi connectivity index (χ0) is 20.2. The van der Waals surface area contributed by atoms with Crippen molar-refractivity contribution in [2.75, 3.05) is 5.32 Å². The normalized spacial score (nSPS) is 11.9. The number of rotatable bonds is 6. The van der Waals surface area contributed by atoms with Gasteiger partial charge in [-0.2, -0.15) is 0 Å². The van der Waals surface area contributed by atoms with Gasteiger partial charge in [-0.15, -0.1) is 0 Å². The number of nitrogens with zero attached hydrogens (tertiary/aromatic N) is 3. The molecule has 0 saturated carbocycles. The molecule has 144 valence electrons. The number of hydrogen-bond acceptors (Lipinski definition) is 4. The van der Waals surface area contributed by atoms with Gasteiger partial charge in [-0.3, -0.25) is 14.6 Å². The van der Waals surface area contributed by atoms with Crippen molar-refractivity contribution < 1.29 is 14.7 Å². The number of imidazole rings is 1. The summed E-state index contributed by atoms with van der Waals surface area (Å²) in [5.41, 5.74) is 3.48. The minimum atomic E-state index is -0.887. The van der Waals surface area contributed by atoms with Gasteiger partial charge in [-0.25, -0.2) is 4.98 Å².